The maximum Gasteiger partial charge on any atom is 0.184 e. The van der Waals surface area contributed by atoms with Crippen LogP contribution in [0.4, 0.5) is 0 Å². The first-order valence-corrected chi connectivity index (χ1v) is 19.5. The van der Waals surface area contributed by atoms with Crippen LogP contribution in [0.5, 0.6) is 0 Å². The van der Waals surface area contributed by atoms with Crippen LogP contribution < -0.4 is 0 Å². The summed E-state index contributed by atoms with van der Waals surface area (Å²) in [6.45, 7) is 7.92. The van der Waals surface area contributed by atoms with Crippen molar-refractivity contribution >= 4 is 11.2 Å². The number of fused-ring (bicyclic) bond motifs is 2. The van der Waals surface area contributed by atoms with Crippen molar-refractivity contribution in [3.05, 3.63) is 184 Å². The van der Waals surface area contributed by atoms with E-state index in [9.17, 15) is 5.11 Å². The van der Waals surface area contributed by atoms with E-state index in [4.69, 9.17) is 20.3 Å². The summed E-state index contributed by atoms with van der Waals surface area (Å²) in [6, 6.07) is 49.1. The highest BCUT2D eigenvalue weighted by Gasteiger charge is 2.42. The third kappa shape index (κ3) is 6.01. The highest BCUT2D eigenvalue weighted by Crippen LogP contribution is 2.45. The molecule has 8 heteroatoms. The van der Waals surface area contributed by atoms with Crippen molar-refractivity contribution in [2.45, 2.75) is 70.6 Å². The molecule has 9 rings (SSSR count). The van der Waals surface area contributed by atoms with Gasteiger partial charge in [0.15, 0.2) is 11.5 Å². The Balaban J connectivity index is 1.17. The Morgan fingerprint density at radius 2 is 1.34 bits per heavy atom. The molecule has 1 N–H and O–H groups in total. The van der Waals surface area contributed by atoms with Crippen LogP contribution in [0.3, 0.4) is 0 Å². The van der Waals surface area contributed by atoms with Crippen LogP contribution in [0.15, 0.2) is 140 Å². The second-order valence-corrected chi connectivity index (χ2v) is 15.6. The molecule has 3 aromatic heterocycles. The lowest BCUT2D eigenvalue weighted by Crippen LogP contribution is -2.39. The average Bonchev–Trinajstić information content (AvgIpc) is 3.96. The van der Waals surface area contributed by atoms with Crippen LogP contribution in [-0.4, -0.2) is 45.4 Å². The summed E-state index contributed by atoms with van der Waals surface area (Å²) in [5, 5.41) is 24.6. The van der Waals surface area contributed by atoms with Gasteiger partial charge in [0.1, 0.15) is 16.9 Å². The third-order valence-electron chi connectivity index (χ3n) is 11.2. The Morgan fingerprint density at radius 3 is 1.95 bits per heavy atom. The van der Waals surface area contributed by atoms with Crippen molar-refractivity contribution in [2.24, 2.45) is 0 Å². The van der Waals surface area contributed by atoms with E-state index in [-0.39, 0.29) is 6.04 Å². The molecule has 0 radical (unpaired) electrons. The standard InChI is InChI=1S/C48H45N7O/c1-5-43-50-44-32(2)29-38(31-47(3,4)56)49-46(44)54(43)42-28-26-34-30-33(25-27-40(34)42)39-23-15-16-24-41(39)45-51-52-53-55(45)48(35-17-9-6-10-18-35,36-19-11-7-12-20-36)37-21-13-8-14-22-37/h6-25,27,29-30,42,56H,5,26,28,31H2,1-4H3. The maximum absolute atomic E-state index is 10.6. The van der Waals surface area contributed by atoms with Gasteiger partial charge in [-0.3, -0.25) is 0 Å². The molecule has 1 atom stereocenters. The monoisotopic (exact) mass is 735 g/mol. The number of tetrazole rings is 1. The SMILES string of the molecule is CCc1nc2c(C)cc(CC(C)(C)O)nc2n1C1CCc2cc(-c3ccccc3-c3nnnn3C(c3ccccc3)(c3ccccc3)c3ccccc3)ccc21. The van der Waals surface area contributed by atoms with E-state index >= 15 is 0 Å². The van der Waals surface area contributed by atoms with Crippen LogP contribution in [0, 0.1) is 6.92 Å². The van der Waals surface area contributed by atoms with Crippen molar-refractivity contribution in [3.63, 3.8) is 0 Å². The van der Waals surface area contributed by atoms with Crippen LogP contribution in [0.25, 0.3) is 33.7 Å². The molecule has 1 aliphatic carbocycles. The van der Waals surface area contributed by atoms with E-state index < -0.39 is 11.1 Å². The van der Waals surface area contributed by atoms with Gasteiger partial charge in [0.25, 0.3) is 0 Å². The predicted molar refractivity (Wildman–Crippen MR) is 221 cm³/mol. The molecule has 0 saturated heterocycles. The third-order valence-corrected chi connectivity index (χ3v) is 11.2. The lowest BCUT2D eigenvalue weighted by atomic mass is 9.77. The highest BCUT2D eigenvalue weighted by atomic mass is 16.3. The summed E-state index contributed by atoms with van der Waals surface area (Å²) in [5.41, 5.74) is 11.0. The number of pyridine rings is 1. The Kier molecular flexibility index (Phi) is 8.93. The van der Waals surface area contributed by atoms with Gasteiger partial charge >= 0.3 is 0 Å². The van der Waals surface area contributed by atoms with Crippen LogP contribution >= 0.6 is 0 Å². The summed E-state index contributed by atoms with van der Waals surface area (Å²) in [5.74, 6) is 1.71. The summed E-state index contributed by atoms with van der Waals surface area (Å²) in [4.78, 5) is 10.2. The molecule has 5 aromatic carbocycles. The quantitative estimate of drug-likeness (QED) is 0.141. The fourth-order valence-electron chi connectivity index (χ4n) is 8.88. The van der Waals surface area contributed by atoms with E-state index in [0.29, 0.717) is 12.2 Å². The predicted octanol–water partition coefficient (Wildman–Crippen LogP) is 9.31. The van der Waals surface area contributed by atoms with Crippen LogP contribution in [0.1, 0.15) is 78.1 Å². The fourth-order valence-corrected chi connectivity index (χ4v) is 8.88. The van der Waals surface area contributed by atoms with E-state index in [1.165, 1.54) is 11.1 Å². The lowest BCUT2D eigenvalue weighted by molar-refractivity contribution is 0.0800. The normalized spacial score (nSPS) is 14.3. The number of aliphatic hydroxyl groups is 1. The Hall–Kier alpha value is -6.25. The number of rotatable bonds is 10. The molecule has 0 fully saturated rings. The van der Waals surface area contributed by atoms with Gasteiger partial charge in [0.05, 0.1) is 11.6 Å². The smallest absolute Gasteiger partial charge is 0.184 e. The second-order valence-electron chi connectivity index (χ2n) is 15.6. The number of aromatic nitrogens is 7. The highest BCUT2D eigenvalue weighted by molar-refractivity contribution is 5.82. The van der Waals surface area contributed by atoms with Gasteiger partial charge in [-0.05, 0) is 94.6 Å². The van der Waals surface area contributed by atoms with Crippen molar-refractivity contribution in [2.75, 3.05) is 0 Å². The molecule has 8 aromatic rings. The molecule has 0 aliphatic heterocycles. The first-order chi connectivity index (χ1) is 27.3. The number of nitrogens with zero attached hydrogens (tertiary/aromatic N) is 7. The number of benzene rings is 5. The Labute approximate surface area is 327 Å². The van der Waals surface area contributed by atoms with E-state index in [1.54, 1.807) is 0 Å². The molecule has 1 aliphatic rings. The Morgan fingerprint density at radius 1 is 0.732 bits per heavy atom. The molecular weight excluding hydrogens is 691 g/mol. The summed E-state index contributed by atoms with van der Waals surface area (Å²) in [7, 11) is 0. The molecule has 3 heterocycles. The first-order valence-electron chi connectivity index (χ1n) is 19.5. The molecule has 0 bridgehead atoms. The topological polar surface area (TPSA) is 94.5 Å². The molecule has 8 nitrogen and oxygen atoms in total. The molecule has 0 saturated carbocycles. The number of hydrogen-bond acceptors (Lipinski definition) is 6. The van der Waals surface area contributed by atoms with Gasteiger partial charge in [-0.2, -0.15) is 0 Å². The number of imidazole rings is 1. The zero-order valence-corrected chi connectivity index (χ0v) is 32.3. The summed E-state index contributed by atoms with van der Waals surface area (Å²) < 4.78 is 4.37. The average molecular weight is 736 g/mol. The van der Waals surface area contributed by atoms with Crippen molar-refractivity contribution in [3.8, 4) is 22.5 Å². The zero-order valence-electron chi connectivity index (χ0n) is 32.3. The number of aryl methyl sites for hydroxylation is 3. The minimum absolute atomic E-state index is 0.120. The van der Waals surface area contributed by atoms with Gasteiger partial charge in [-0.15, -0.1) is 5.10 Å². The van der Waals surface area contributed by atoms with Crippen molar-refractivity contribution in [1.29, 1.82) is 0 Å². The molecule has 0 spiro atoms. The molecule has 278 valence electrons. The van der Waals surface area contributed by atoms with E-state index in [2.05, 4.69) is 145 Å². The Bertz CT molecular complexity index is 2560. The zero-order chi connectivity index (χ0) is 38.4. The van der Waals surface area contributed by atoms with Gasteiger partial charge in [-0.1, -0.05) is 140 Å². The van der Waals surface area contributed by atoms with Crippen molar-refractivity contribution < 1.29 is 5.11 Å². The van der Waals surface area contributed by atoms with Gasteiger partial charge in [0.2, 0.25) is 0 Å². The maximum atomic E-state index is 10.6. The van der Waals surface area contributed by atoms with Crippen LogP contribution in [-0.2, 0) is 24.8 Å². The summed E-state index contributed by atoms with van der Waals surface area (Å²) >= 11 is 0. The molecule has 0 amide bonds. The second kappa shape index (κ2) is 14.1. The lowest BCUT2D eigenvalue weighted by Gasteiger charge is -2.36. The molecule has 1 unspecified atom stereocenters. The minimum Gasteiger partial charge on any atom is -0.390 e. The van der Waals surface area contributed by atoms with Crippen molar-refractivity contribution in [1.82, 2.24) is 34.7 Å². The molecular formula is C48H45N7O. The van der Waals surface area contributed by atoms with Gasteiger partial charge < -0.3 is 9.67 Å². The summed E-state index contributed by atoms with van der Waals surface area (Å²) in [6.07, 6.45) is 3.19. The first kappa shape index (κ1) is 35.5. The number of hydrogen-bond donors (Lipinski definition) is 1. The fraction of sp³-hybridized carbons (Fsp3) is 0.229. The molecule has 56 heavy (non-hydrogen) atoms. The largest absolute Gasteiger partial charge is 0.390 e. The van der Waals surface area contributed by atoms with Gasteiger partial charge in [-0.25, -0.2) is 14.6 Å². The van der Waals surface area contributed by atoms with Gasteiger partial charge in [0, 0.05) is 24.1 Å². The minimum atomic E-state index is -0.857. The van der Waals surface area contributed by atoms with E-state index in [0.717, 1.165) is 80.9 Å². The van der Waals surface area contributed by atoms with E-state index in [1.807, 2.05) is 36.7 Å². The van der Waals surface area contributed by atoms with Crippen LogP contribution in [0.2, 0.25) is 0 Å².